The standard InChI is InChI=1S/C32H35N5O6/c1-31(2,43-30(33)41)28(39)34-25(19-42-24-14-13-22-11-7-8-12-23(22)17-24)27(38)37-16-15-26-32(20-37,29(40)36(3)35-26)18-21-9-5-4-6-10-21/h4-14,17,25H,15-16,18-20H2,1-3H3,(H2,33,41)(H,34,39)/t25?,32-/m1/s1. The van der Waals surface area contributed by atoms with Gasteiger partial charge in [-0.05, 0) is 48.7 Å². The average Bonchev–Trinajstić information content (AvgIpc) is 3.22. The first-order valence-corrected chi connectivity index (χ1v) is 14.1. The van der Waals surface area contributed by atoms with Crippen LogP contribution in [0.3, 0.4) is 0 Å². The molecular formula is C32H35N5O6. The minimum atomic E-state index is -1.65. The van der Waals surface area contributed by atoms with Crippen LogP contribution in [-0.4, -0.2) is 77.8 Å². The number of ether oxygens (including phenoxy) is 2. The number of likely N-dealkylation sites (tertiary alicyclic amines) is 1. The predicted molar refractivity (Wildman–Crippen MR) is 160 cm³/mol. The lowest BCUT2D eigenvalue weighted by molar-refractivity contribution is -0.145. The number of carbonyl (C=O) groups excluding carboxylic acids is 4. The molecule has 2 aliphatic rings. The monoisotopic (exact) mass is 585 g/mol. The number of carbonyl (C=O) groups is 4. The molecule has 43 heavy (non-hydrogen) atoms. The second kappa shape index (κ2) is 11.7. The quantitative estimate of drug-likeness (QED) is 0.395. The fourth-order valence-electron chi connectivity index (χ4n) is 5.68. The molecule has 3 N–H and O–H groups in total. The van der Waals surface area contributed by atoms with E-state index < -0.39 is 35.0 Å². The van der Waals surface area contributed by atoms with Gasteiger partial charge in [0, 0.05) is 26.6 Å². The summed E-state index contributed by atoms with van der Waals surface area (Å²) in [6.07, 6.45) is -0.342. The third kappa shape index (κ3) is 6.15. The van der Waals surface area contributed by atoms with Gasteiger partial charge in [-0.15, -0.1) is 0 Å². The van der Waals surface area contributed by atoms with Crippen molar-refractivity contribution in [3.63, 3.8) is 0 Å². The van der Waals surface area contributed by atoms with Gasteiger partial charge in [0.1, 0.15) is 23.8 Å². The number of hydrogen-bond acceptors (Lipinski definition) is 7. The zero-order chi connectivity index (χ0) is 30.8. The number of hydrazone groups is 1. The van der Waals surface area contributed by atoms with Crippen LogP contribution in [0.25, 0.3) is 10.8 Å². The first kappa shape index (κ1) is 29.6. The maximum absolute atomic E-state index is 14.1. The minimum Gasteiger partial charge on any atom is -0.491 e. The second-order valence-electron chi connectivity index (χ2n) is 11.4. The van der Waals surface area contributed by atoms with Gasteiger partial charge in [-0.3, -0.25) is 14.4 Å². The van der Waals surface area contributed by atoms with Crippen LogP contribution in [0, 0.1) is 5.41 Å². The van der Waals surface area contributed by atoms with Crippen molar-refractivity contribution >= 4 is 40.3 Å². The highest BCUT2D eigenvalue weighted by Crippen LogP contribution is 2.38. The first-order chi connectivity index (χ1) is 20.5. The van der Waals surface area contributed by atoms with Gasteiger partial charge in [0.05, 0.1) is 5.71 Å². The van der Waals surface area contributed by atoms with Crippen molar-refractivity contribution in [1.29, 1.82) is 0 Å². The van der Waals surface area contributed by atoms with Crippen molar-refractivity contribution in [2.45, 2.75) is 38.3 Å². The number of fused-ring (bicyclic) bond motifs is 2. The number of nitrogens with one attached hydrogen (secondary N) is 1. The van der Waals surface area contributed by atoms with Crippen LogP contribution in [0.5, 0.6) is 5.75 Å². The molecule has 0 radical (unpaired) electrons. The molecule has 2 atom stereocenters. The summed E-state index contributed by atoms with van der Waals surface area (Å²) in [5.74, 6) is -0.827. The average molecular weight is 586 g/mol. The van der Waals surface area contributed by atoms with Crippen LogP contribution in [0.15, 0.2) is 77.9 Å². The maximum Gasteiger partial charge on any atom is 0.405 e. The number of piperidine rings is 1. The zero-order valence-corrected chi connectivity index (χ0v) is 24.4. The molecule has 3 aromatic carbocycles. The highest BCUT2D eigenvalue weighted by Gasteiger charge is 2.54. The molecule has 11 heteroatoms. The normalized spacial score (nSPS) is 19.0. The van der Waals surface area contributed by atoms with E-state index in [1.54, 1.807) is 18.0 Å². The summed E-state index contributed by atoms with van der Waals surface area (Å²) in [6.45, 7) is 2.95. The lowest BCUT2D eigenvalue weighted by Gasteiger charge is -2.40. The van der Waals surface area contributed by atoms with Crippen LogP contribution in [0.1, 0.15) is 25.8 Å². The summed E-state index contributed by atoms with van der Waals surface area (Å²) in [4.78, 5) is 53.9. The highest BCUT2D eigenvalue weighted by atomic mass is 16.6. The third-order valence-corrected chi connectivity index (χ3v) is 7.91. The Balaban J connectivity index is 1.41. The molecule has 2 aliphatic heterocycles. The number of primary amides is 1. The molecule has 1 unspecified atom stereocenters. The molecule has 3 aromatic rings. The van der Waals surface area contributed by atoms with Crippen LogP contribution in [0.2, 0.25) is 0 Å². The first-order valence-electron chi connectivity index (χ1n) is 14.1. The van der Waals surface area contributed by atoms with Crippen LogP contribution >= 0.6 is 0 Å². The molecule has 1 fully saturated rings. The molecule has 0 aromatic heterocycles. The Labute approximate surface area is 249 Å². The van der Waals surface area contributed by atoms with Crippen molar-refractivity contribution in [2.24, 2.45) is 16.3 Å². The van der Waals surface area contributed by atoms with Crippen molar-refractivity contribution < 1.29 is 28.7 Å². The van der Waals surface area contributed by atoms with Gasteiger partial charge < -0.3 is 25.4 Å². The SMILES string of the molecule is CN1N=C2CCN(C(=O)C(COc3ccc4ccccc4c3)NC(=O)C(C)(C)OC(N)=O)C[C@@]2(Cc2ccccc2)C1=O. The molecule has 0 spiro atoms. The van der Waals surface area contributed by atoms with E-state index in [1.165, 1.54) is 18.9 Å². The molecular weight excluding hydrogens is 550 g/mol. The maximum atomic E-state index is 14.1. The van der Waals surface area contributed by atoms with Crippen molar-refractivity contribution in [3.05, 3.63) is 78.4 Å². The Morgan fingerprint density at radius 3 is 2.47 bits per heavy atom. The summed E-state index contributed by atoms with van der Waals surface area (Å²) in [6, 6.07) is 21.8. The summed E-state index contributed by atoms with van der Waals surface area (Å²) < 4.78 is 11.0. The van der Waals surface area contributed by atoms with Gasteiger partial charge in [-0.1, -0.05) is 60.7 Å². The molecule has 224 valence electrons. The zero-order valence-electron chi connectivity index (χ0n) is 24.4. The Kier molecular flexibility index (Phi) is 8.08. The Morgan fingerprint density at radius 1 is 1.05 bits per heavy atom. The van der Waals surface area contributed by atoms with Gasteiger partial charge in [-0.2, -0.15) is 5.10 Å². The van der Waals surface area contributed by atoms with E-state index in [0.717, 1.165) is 22.0 Å². The molecule has 2 heterocycles. The van der Waals surface area contributed by atoms with E-state index in [1.807, 2.05) is 66.7 Å². The van der Waals surface area contributed by atoms with Crippen LogP contribution in [-0.2, 0) is 25.5 Å². The highest BCUT2D eigenvalue weighted by molar-refractivity contribution is 6.13. The fourth-order valence-corrected chi connectivity index (χ4v) is 5.68. The number of rotatable bonds is 9. The molecule has 0 bridgehead atoms. The molecule has 1 saturated heterocycles. The van der Waals surface area contributed by atoms with E-state index >= 15 is 0 Å². The lowest BCUT2D eigenvalue weighted by atomic mass is 9.73. The molecule has 11 nitrogen and oxygen atoms in total. The van der Waals surface area contributed by atoms with Crippen molar-refractivity contribution in [3.8, 4) is 5.75 Å². The number of nitrogens with zero attached hydrogens (tertiary/aromatic N) is 3. The van der Waals surface area contributed by atoms with Gasteiger partial charge in [0.25, 0.3) is 11.8 Å². The second-order valence-corrected chi connectivity index (χ2v) is 11.4. The van der Waals surface area contributed by atoms with E-state index in [2.05, 4.69) is 10.4 Å². The predicted octanol–water partition coefficient (Wildman–Crippen LogP) is 2.87. The van der Waals surface area contributed by atoms with Gasteiger partial charge >= 0.3 is 6.09 Å². The largest absolute Gasteiger partial charge is 0.491 e. The van der Waals surface area contributed by atoms with Gasteiger partial charge in [0.2, 0.25) is 5.91 Å². The smallest absolute Gasteiger partial charge is 0.405 e. The minimum absolute atomic E-state index is 0.0895. The van der Waals surface area contributed by atoms with Crippen molar-refractivity contribution in [1.82, 2.24) is 15.2 Å². The Bertz CT molecular complexity index is 1590. The molecule has 0 saturated carbocycles. The molecule has 5 rings (SSSR count). The Morgan fingerprint density at radius 2 is 1.74 bits per heavy atom. The topological polar surface area (TPSA) is 144 Å². The molecule has 0 aliphatic carbocycles. The van der Waals surface area contributed by atoms with Crippen LogP contribution < -0.4 is 15.8 Å². The van der Waals surface area contributed by atoms with Gasteiger partial charge in [0.15, 0.2) is 5.60 Å². The van der Waals surface area contributed by atoms with E-state index in [4.69, 9.17) is 15.2 Å². The Hall–Kier alpha value is -4.93. The summed E-state index contributed by atoms with van der Waals surface area (Å²) in [5.41, 5.74) is 4.18. The van der Waals surface area contributed by atoms with E-state index in [9.17, 15) is 19.2 Å². The fraction of sp³-hybridized carbons (Fsp3) is 0.344. The number of nitrogens with two attached hydrogens (primary N) is 1. The third-order valence-electron chi connectivity index (χ3n) is 7.91. The van der Waals surface area contributed by atoms with Gasteiger partial charge in [-0.25, -0.2) is 9.80 Å². The van der Waals surface area contributed by atoms with E-state index in [-0.39, 0.29) is 19.1 Å². The summed E-state index contributed by atoms with van der Waals surface area (Å²) >= 11 is 0. The summed E-state index contributed by atoms with van der Waals surface area (Å²) in [5, 5.41) is 10.5. The number of amides is 4. The number of benzene rings is 3. The number of hydrogen-bond donors (Lipinski definition) is 2. The van der Waals surface area contributed by atoms with Crippen LogP contribution in [0.4, 0.5) is 4.79 Å². The summed E-state index contributed by atoms with van der Waals surface area (Å²) in [7, 11) is 1.62. The van der Waals surface area contributed by atoms with Crippen molar-refractivity contribution in [2.75, 3.05) is 26.7 Å². The van der Waals surface area contributed by atoms with E-state index in [0.29, 0.717) is 25.1 Å². The molecule has 4 amide bonds. The lowest BCUT2D eigenvalue weighted by Crippen LogP contribution is -2.61.